The molecule has 2 aromatic heterocycles. The van der Waals surface area contributed by atoms with Crippen molar-refractivity contribution in [1.82, 2.24) is 15.0 Å². The third-order valence-electron chi connectivity index (χ3n) is 4.19. The summed E-state index contributed by atoms with van der Waals surface area (Å²) in [5, 5.41) is 8.86. The number of carbonyl (C=O) groups excluding carboxylic acids is 1. The first-order chi connectivity index (χ1) is 15.1. The lowest BCUT2D eigenvalue weighted by molar-refractivity contribution is 0.102. The molecule has 2 aromatic carbocycles. The van der Waals surface area contributed by atoms with Gasteiger partial charge in [-0.05, 0) is 54.6 Å². The summed E-state index contributed by atoms with van der Waals surface area (Å²) in [6.45, 7) is 0. The summed E-state index contributed by atoms with van der Waals surface area (Å²) in [5.74, 6) is -0.823. The average Bonchev–Trinajstić information content (AvgIpc) is 2.78. The first-order valence-electron chi connectivity index (χ1n) is 9.20. The second-order valence-electron chi connectivity index (χ2n) is 6.41. The molecule has 0 aliphatic heterocycles. The van der Waals surface area contributed by atoms with E-state index in [1.165, 1.54) is 12.4 Å². The molecule has 0 atom stereocenters. The van der Waals surface area contributed by atoms with Crippen molar-refractivity contribution in [2.24, 2.45) is 0 Å². The van der Waals surface area contributed by atoms with Crippen molar-refractivity contribution in [3.05, 3.63) is 96.5 Å². The Bertz CT molecular complexity index is 1200. The van der Waals surface area contributed by atoms with E-state index < -0.39 is 17.5 Å². The molecule has 2 heterocycles. The zero-order chi connectivity index (χ0) is 21.6. The number of anilines is 5. The minimum Gasteiger partial charge on any atom is -0.340 e. The quantitative estimate of drug-likeness (QED) is 0.413. The van der Waals surface area contributed by atoms with Gasteiger partial charge in [-0.2, -0.15) is 0 Å². The van der Waals surface area contributed by atoms with E-state index in [0.29, 0.717) is 23.1 Å². The molecule has 0 unspecified atom stereocenters. The van der Waals surface area contributed by atoms with Gasteiger partial charge in [-0.1, -0.05) is 6.07 Å². The molecule has 4 aromatic rings. The van der Waals surface area contributed by atoms with Gasteiger partial charge in [0.1, 0.15) is 23.8 Å². The third kappa shape index (κ3) is 5.15. The van der Waals surface area contributed by atoms with Crippen LogP contribution in [0.1, 0.15) is 10.4 Å². The molecule has 4 rings (SSSR count). The van der Waals surface area contributed by atoms with Crippen molar-refractivity contribution in [3.63, 3.8) is 0 Å². The van der Waals surface area contributed by atoms with Crippen LogP contribution in [-0.2, 0) is 0 Å². The Morgan fingerprint density at radius 1 is 0.710 bits per heavy atom. The van der Waals surface area contributed by atoms with Gasteiger partial charge in [0, 0.05) is 29.2 Å². The van der Waals surface area contributed by atoms with Gasteiger partial charge in [0.05, 0.1) is 0 Å². The fraction of sp³-hybridized carbons (Fsp3) is 0. The second-order valence-corrected chi connectivity index (χ2v) is 6.41. The minimum atomic E-state index is -1.08. The maximum Gasteiger partial charge on any atom is 0.255 e. The number of benzene rings is 2. The van der Waals surface area contributed by atoms with Crippen molar-refractivity contribution in [2.45, 2.75) is 0 Å². The van der Waals surface area contributed by atoms with Crippen molar-refractivity contribution < 1.29 is 13.6 Å². The van der Waals surface area contributed by atoms with Crippen LogP contribution in [-0.4, -0.2) is 20.9 Å². The molecule has 0 aliphatic rings. The van der Waals surface area contributed by atoms with Gasteiger partial charge in [0.2, 0.25) is 0 Å². The molecule has 1 amide bonds. The predicted molar refractivity (Wildman–Crippen MR) is 114 cm³/mol. The molecular weight excluding hydrogens is 402 g/mol. The van der Waals surface area contributed by atoms with Gasteiger partial charge in [-0.15, -0.1) is 0 Å². The lowest BCUT2D eigenvalue weighted by Crippen LogP contribution is -2.12. The first-order valence-corrected chi connectivity index (χ1v) is 9.20. The smallest absolute Gasteiger partial charge is 0.255 e. The highest BCUT2D eigenvalue weighted by Gasteiger charge is 2.10. The van der Waals surface area contributed by atoms with Crippen molar-refractivity contribution in [3.8, 4) is 0 Å². The highest BCUT2D eigenvalue weighted by molar-refractivity contribution is 6.04. The monoisotopic (exact) mass is 418 g/mol. The minimum absolute atomic E-state index is 0.0232. The predicted octanol–water partition coefficient (Wildman–Crippen LogP) is 4.89. The summed E-state index contributed by atoms with van der Waals surface area (Å²) in [5.41, 5.74) is 1.25. The Hall–Kier alpha value is -4.40. The van der Waals surface area contributed by atoms with Gasteiger partial charge in [-0.25, -0.2) is 23.7 Å². The number of hydrogen-bond acceptors (Lipinski definition) is 6. The van der Waals surface area contributed by atoms with E-state index in [9.17, 15) is 13.6 Å². The van der Waals surface area contributed by atoms with Crippen LogP contribution in [0.5, 0.6) is 0 Å². The molecule has 9 heteroatoms. The van der Waals surface area contributed by atoms with Crippen LogP contribution in [0, 0.1) is 11.6 Å². The summed E-state index contributed by atoms with van der Waals surface area (Å²) in [4.78, 5) is 24.7. The zero-order valence-electron chi connectivity index (χ0n) is 16.0. The van der Waals surface area contributed by atoms with Gasteiger partial charge >= 0.3 is 0 Å². The SMILES string of the molecule is O=C(Nc1ccc(Nc2cc(Nc3ccccn3)ncn2)cc1)c1ccc(F)c(F)c1. The molecule has 0 saturated heterocycles. The molecule has 154 valence electrons. The summed E-state index contributed by atoms with van der Waals surface area (Å²) >= 11 is 0. The van der Waals surface area contributed by atoms with Crippen molar-refractivity contribution >= 4 is 34.7 Å². The van der Waals surface area contributed by atoms with E-state index >= 15 is 0 Å². The largest absolute Gasteiger partial charge is 0.340 e. The van der Waals surface area contributed by atoms with Crippen molar-refractivity contribution in [2.75, 3.05) is 16.0 Å². The second kappa shape index (κ2) is 8.95. The fourth-order valence-electron chi connectivity index (χ4n) is 2.69. The number of carbonyl (C=O) groups is 1. The Morgan fingerprint density at radius 2 is 1.45 bits per heavy atom. The zero-order valence-corrected chi connectivity index (χ0v) is 16.0. The topological polar surface area (TPSA) is 91.8 Å². The Kier molecular flexibility index (Phi) is 5.75. The number of halogens is 2. The van der Waals surface area contributed by atoms with E-state index in [2.05, 4.69) is 30.9 Å². The number of rotatable bonds is 6. The molecule has 0 fully saturated rings. The Labute approximate surface area is 176 Å². The van der Waals surface area contributed by atoms with Gasteiger partial charge in [0.25, 0.3) is 5.91 Å². The van der Waals surface area contributed by atoms with E-state index in [4.69, 9.17) is 0 Å². The maximum atomic E-state index is 13.3. The summed E-state index contributed by atoms with van der Waals surface area (Å²) in [6, 6.07) is 17.1. The highest BCUT2D eigenvalue weighted by atomic mass is 19.2. The van der Waals surface area contributed by atoms with Gasteiger partial charge in [-0.3, -0.25) is 4.79 Å². The van der Waals surface area contributed by atoms with Gasteiger partial charge in [0.15, 0.2) is 11.6 Å². The van der Waals surface area contributed by atoms with E-state index in [1.54, 1.807) is 36.5 Å². The molecule has 0 spiro atoms. The van der Waals surface area contributed by atoms with Crippen LogP contribution in [0.4, 0.5) is 37.6 Å². The summed E-state index contributed by atoms with van der Waals surface area (Å²) < 4.78 is 26.3. The summed E-state index contributed by atoms with van der Waals surface area (Å²) in [6.07, 6.45) is 3.10. The van der Waals surface area contributed by atoms with Crippen LogP contribution in [0.3, 0.4) is 0 Å². The fourth-order valence-corrected chi connectivity index (χ4v) is 2.69. The molecule has 0 saturated carbocycles. The molecule has 0 aliphatic carbocycles. The number of hydrogen-bond donors (Lipinski definition) is 3. The lowest BCUT2D eigenvalue weighted by atomic mass is 10.2. The molecular formula is C22H16F2N6O. The highest BCUT2D eigenvalue weighted by Crippen LogP contribution is 2.20. The normalized spacial score (nSPS) is 10.4. The summed E-state index contributed by atoms with van der Waals surface area (Å²) in [7, 11) is 0. The first kappa shape index (κ1) is 19.9. The van der Waals surface area contributed by atoms with Crippen LogP contribution in [0.25, 0.3) is 0 Å². The lowest BCUT2D eigenvalue weighted by Gasteiger charge is -2.10. The van der Waals surface area contributed by atoms with Crippen LogP contribution >= 0.6 is 0 Å². The standard InChI is InChI=1S/C22H16F2N6O/c23-17-9-4-14(11-18(17)24)22(31)29-16-7-5-15(6-8-16)28-20-12-21(27-13-26-20)30-19-3-1-2-10-25-19/h1-13H,(H,29,31)(H2,25,26,27,28,30). The number of pyridine rings is 1. The molecule has 0 bridgehead atoms. The Balaban J connectivity index is 1.40. The molecule has 7 nitrogen and oxygen atoms in total. The molecule has 3 N–H and O–H groups in total. The number of nitrogens with zero attached hydrogens (tertiary/aromatic N) is 3. The maximum absolute atomic E-state index is 13.3. The van der Waals surface area contributed by atoms with Crippen LogP contribution in [0.2, 0.25) is 0 Å². The van der Waals surface area contributed by atoms with Crippen LogP contribution < -0.4 is 16.0 Å². The van der Waals surface area contributed by atoms with Gasteiger partial charge < -0.3 is 16.0 Å². The van der Waals surface area contributed by atoms with Crippen LogP contribution in [0.15, 0.2) is 79.3 Å². The van der Waals surface area contributed by atoms with Crippen molar-refractivity contribution in [1.29, 1.82) is 0 Å². The molecule has 31 heavy (non-hydrogen) atoms. The third-order valence-corrected chi connectivity index (χ3v) is 4.19. The average molecular weight is 418 g/mol. The van der Waals surface area contributed by atoms with E-state index in [0.717, 1.165) is 17.8 Å². The van der Waals surface area contributed by atoms with E-state index in [1.807, 2.05) is 18.2 Å². The number of amides is 1. The van der Waals surface area contributed by atoms with E-state index in [-0.39, 0.29) is 5.56 Å². The number of aromatic nitrogens is 3. The Morgan fingerprint density at radius 3 is 2.16 bits per heavy atom. The number of nitrogens with one attached hydrogen (secondary N) is 3. The molecule has 0 radical (unpaired) electrons.